The van der Waals surface area contributed by atoms with Gasteiger partial charge in [0, 0.05) is 44.5 Å². The summed E-state index contributed by atoms with van der Waals surface area (Å²) in [6.45, 7) is 4.01. The van der Waals surface area contributed by atoms with Gasteiger partial charge in [-0.1, -0.05) is 36.4 Å². The Morgan fingerprint density at radius 3 is 2.36 bits per heavy atom. The van der Waals surface area contributed by atoms with Gasteiger partial charge in [0.15, 0.2) is 0 Å². The maximum atomic E-state index is 13.0. The van der Waals surface area contributed by atoms with E-state index in [0.717, 1.165) is 5.56 Å². The van der Waals surface area contributed by atoms with E-state index in [4.69, 9.17) is 4.74 Å². The number of rotatable bonds is 9. The zero-order valence-electron chi connectivity index (χ0n) is 19.4. The number of benzene rings is 2. The van der Waals surface area contributed by atoms with Crippen LogP contribution in [-0.2, 0) is 9.53 Å². The minimum Gasteiger partial charge on any atom is -0.385 e. The van der Waals surface area contributed by atoms with Crippen LogP contribution < -0.4 is 10.6 Å². The Bertz CT molecular complexity index is 940. The number of amides is 3. The van der Waals surface area contributed by atoms with Crippen molar-refractivity contribution in [2.24, 2.45) is 5.92 Å². The van der Waals surface area contributed by atoms with Crippen molar-refractivity contribution in [3.8, 4) is 0 Å². The van der Waals surface area contributed by atoms with Crippen LogP contribution in [0, 0.1) is 12.8 Å². The van der Waals surface area contributed by atoms with Gasteiger partial charge >= 0.3 is 0 Å². The molecule has 1 fully saturated rings. The number of nitrogens with one attached hydrogen (secondary N) is 2. The molecule has 1 heterocycles. The van der Waals surface area contributed by atoms with Crippen LogP contribution in [0.5, 0.6) is 0 Å². The lowest BCUT2D eigenvalue weighted by molar-refractivity contribution is -0.124. The summed E-state index contributed by atoms with van der Waals surface area (Å²) >= 11 is 0. The van der Waals surface area contributed by atoms with Gasteiger partial charge in [-0.05, 0) is 55.9 Å². The number of ether oxygens (including phenoxy) is 1. The smallest absolute Gasteiger partial charge is 0.253 e. The molecule has 0 bridgehead atoms. The summed E-state index contributed by atoms with van der Waals surface area (Å²) in [5, 5.41) is 5.91. The number of likely N-dealkylation sites (tertiary alicyclic amines) is 1. The van der Waals surface area contributed by atoms with E-state index in [1.54, 1.807) is 13.2 Å². The summed E-state index contributed by atoms with van der Waals surface area (Å²) in [6, 6.07) is 15.9. The van der Waals surface area contributed by atoms with Crippen LogP contribution in [0.4, 0.5) is 0 Å². The predicted octanol–water partition coefficient (Wildman–Crippen LogP) is 2.80. The van der Waals surface area contributed by atoms with E-state index in [-0.39, 0.29) is 23.6 Å². The number of nitrogens with zero attached hydrogens (tertiary/aromatic N) is 1. The van der Waals surface area contributed by atoms with Gasteiger partial charge in [-0.15, -0.1) is 0 Å². The number of carbonyl (C=O) groups is 3. The highest BCUT2D eigenvalue weighted by Crippen LogP contribution is 2.23. The molecule has 2 aromatic rings. The molecule has 0 unspecified atom stereocenters. The van der Waals surface area contributed by atoms with Crippen molar-refractivity contribution in [1.82, 2.24) is 15.5 Å². The molecule has 2 N–H and O–H groups in total. The first-order valence-electron chi connectivity index (χ1n) is 11.5. The van der Waals surface area contributed by atoms with Crippen molar-refractivity contribution in [3.63, 3.8) is 0 Å². The lowest BCUT2D eigenvalue weighted by Crippen LogP contribution is -2.54. The number of hydrogen-bond acceptors (Lipinski definition) is 4. The van der Waals surface area contributed by atoms with Crippen molar-refractivity contribution in [3.05, 3.63) is 71.3 Å². The van der Waals surface area contributed by atoms with Crippen molar-refractivity contribution in [2.45, 2.75) is 32.2 Å². The molecule has 33 heavy (non-hydrogen) atoms. The third-order valence-corrected chi connectivity index (χ3v) is 6.10. The number of piperidine rings is 1. The van der Waals surface area contributed by atoms with Crippen molar-refractivity contribution in [1.29, 1.82) is 0 Å². The molecule has 7 nitrogen and oxygen atoms in total. The molecule has 1 aliphatic rings. The minimum atomic E-state index is -0.659. The fourth-order valence-corrected chi connectivity index (χ4v) is 4.18. The SMILES string of the molecule is COCCCNC(=O)[C@@H](NC(=O)c1ccccc1C)C1CCN(C(=O)c2ccccc2)CC1. The van der Waals surface area contributed by atoms with E-state index in [0.29, 0.717) is 56.6 Å². The fourth-order valence-electron chi connectivity index (χ4n) is 4.18. The van der Waals surface area contributed by atoms with Crippen molar-refractivity contribution < 1.29 is 19.1 Å². The Kier molecular flexibility index (Phi) is 9.01. The Morgan fingerprint density at radius 2 is 1.70 bits per heavy atom. The van der Waals surface area contributed by atoms with Crippen molar-refractivity contribution >= 4 is 17.7 Å². The largest absolute Gasteiger partial charge is 0.385 e. The number of aryl methyl sites for hydroxylation is 1. The third kappa shape index (κ3) is 6.65. The maximum Gasteiger partial charge on any atom is 0.253 e. The van der Waals surface area contributed by atoms with E-state index in [1.807, 2.05) is 60.4 Å². The Hall–Kier alpha value is -3.19. The van der Waals surface area contributed by atoms with E-state index in [2.05, 4.69) is 10.6 Å². The quantitative estimate of drug-likeness (QED) is 0.574. The third-order valence-electron chi connectivity index (χ3n) is 6.10. The molecular formula is C26H33N3O4. The van der Waals surface area contributed by atoms with Crippen LogP contribution in [-0.4, -0.2) is 62.0 Å². The average Bonchev–Trinajstić information content (AvgIpc) is 2.85. The Labute approximate surface area is 195 Å². The van der Waals surface area contributed by atoms with Crippen LogP contribution in [0.1, 0.15) is 45.5 Å². The lowest BCUT2D eigenvalue weighted by atomic mass is 9.88. The number of methoxy groups -OCH3 is 1. The molecule has 2 aromatic carbocycles. The molecule has 1 saturated heterocycles. The standard InChI is InChI=1S/C26H33N3O4/c1-19-9-6-7-12-22(19)24(30)28-23(25(31)27-15-8-18-33-2)20-13-16-29(17-14-20)26(32)21-10-4-3-5-11-21/h3-7,9-12,20,23H,8,13-18H2,1-2H3,(H,27,31)(H,28,30)/t23-/m0/s1. The van der Waals surface area contributed by atoms with Gasteiger partial charge in [-0.2, -0.15) is 0 Å². The van der Waals surface area contributed by atoms with Crippen molar-refractivity contribution in [2.75, 3.05) is 33.4 Å². The molecule has 1 atom stereocenters. The second-order valence-electron chi connectivity index (χ2n) is 8.40. The normalized spacial score (nSPS) is 15.0. The summed E-state index contributed by atoms with van der Waals surface area (Å²) in [4.78, 5) is 40.6. The summed E-state index contributed by atoms with van der Waals surface area (Å²) in [5.74, 6) is -0.507. The average molecular weight is 452 g/mol. The molecule has 1 aliphatic heterocycles. The number of carbonyl (C=O) groups excluding carboxylic acids is 3. The summed E-state index contributed by atoms with van der Waals surface area (Å²) in [5.41, 5.74) is 2.08. The molecule has 3 amide bonds. The lowest BCUT2D eigenvalue weighted by Gasteiger charge is -2.36. The van der Waals surface area contributed by atoms with Gasteiger partial charge in [0.2, 0.25) is 5.91 Å². The maximum absolute atomic E-state index is 13.0. The molecule has 7 heteroatoms. The van der Waals surface area contributed by atoms with Crippen LogP contribution in [0.15, 0.2) is 54.6 Å². The number of hydrogen-bond donors (Lipinski definition) is 2. The van der Waals surface area contributed by atoms with Gasteiger partial charge in [0.25, 0.3) is 11.8 Å². The molecule has 3 rings (SSSR count). The molecule has 0 aromatic heterocycles. The zero-order chi connectivity index (χ0) is 23.6. The Morgan fingerprint density at radius 1 is 1.03 bits per heavy atom. The monoisotopic (exact) mass is 451 g/mol. The van der Waals surface area contributed by atoms with Crippen LogP contribution in [0.3, 0.4) is 0 Å². The second-order valence-corrected chi connectivity index (χ2v) is 8.40. The van der Waals surface area contributed by atoms with Crippen LogP contribution in [0.25, 0.3) is 0 Å². The summed E-state index contributed by atoms with van der Waals surface area (Å²) < 4.78 is 5.05. The van der Waals surface area contributed by atoms with E-state index in [9.17, 15) is 14.4 Å². The molecule has 0 aliphatic carbocycles. The van der Waals surface area contributed by atoms with Gasteiger partial charge in [-0.25, -0.2) is 0 Å². The highest BCUT2D eigenvalue weighted by atomic mass is 16.5. The molecule has 0 radical (unpaired) electrons. The van der Waals surface area contributed by atoms with E-state index < -0.39 is 6.04 Å². The summed E-state index contributed by atoms with van der Waals surface area (Å²) in [6.07, 6.45) is 1.98. The Balaban J connectivity index is 1.67. The highest BCUT2D eigenvalue weighted by Gasteiger charge is 2.34. The van der Waals surface area contributed by atoms with Gasteiger partial charge in [-0.3, -0.25) is 14.4 Å². The fraction of sp³-hybridized carbons (Fsp3) is 0.423. The first-order valence-corrected chi connectivity index (χ1v) is 11.5. The summed E-state index contributed by atoms with van der Waals surface area (Å²) in [7, 11) is 1.62. The highest BCUT2D eigenvalue weighted by molar-refractivity contribution is 5.98. The van der Waals surface area contributed by atoms with E-state index in [1.165, 1.54) is 0 Å². The predicted molar refractivity (Wildman–Crippen MR) is 127 cm³/mol. The van der Waals surface area contributed by atoms with Gasteiger partial charge in [0.05, 0.1) is 0 Å². The molecule has 0 saturated carbocycles. The second kappa shape index (κ2) is 12.2. The molecule has 0 spiro atoms. The first kappa shape index (κ1) is 24.5. The molecule has 176 valence electrons. The van der Waals surface area contributed by atoms with Gasteiger partial charge in [0.1, 0.15) is 6.04 Å². The minimum absolute atomic E-state index is 0.00133. The van der Waals surface area contributed by atoms with Crippen LogP contribution in [0.2, 0.25) is 0 Å². The van der Waals surface area contributed by atoms with Crippen LogP contribution >= 0.6 is 0 Å². The molecular weight excluding hydrogens is 418 g/mol. The van der Waals surface area contributed by atoms with Gasteiger partial charge < -0.3 is 20.3 Å². The first-order chi connectivity index (χ1) is 16.0. The van der Waals surface area contributed by atoms with E-state index >= 15 is 0 Å². The topological polar surface area (TPSA) is 87.7 Å². The zero-order valence-corrected chi connectivity index (χ0v) is 19.4.